The smallest absolute Gasteiger partial charge is 0.274 e. The quantitative estimate of drug-likeness (QED) is 0.604. The number of aryl methyl sites for hydroxylation is 1. The molecule has 3 rings (SSSR count). The molecule has 1 heterocycles. The number of carbonyl (C=O) groups excluding carboxylic acids is 1. The first-order valence-electron chi connectivity index (χ1n) is 9.61. The van der Waals surface area contributed by atoms with E-state index < -0.39 is 0 Å². The van der Waals surface area contributed by atoms with Crippen molar-refractivity contribution < 1.29 is 9.18 Å². The average molecular weight is 404 g/mol. The van der Waals surface area contributed by atoms with Crippen LogP contribution in [0.15, 0.2) is 65.5 Å². The highest BCUT2D eigenvalue weighted by molar-refractivity contribution is 5.92. The summed E-state index contributed by atoms with van der Waals surface area (Å²) in [6.07, 6.45) is 0.711. The predicted molar refractivity (Wildman–Crippen MR) is 110 cm³/mol. The molecule has 0 atom stereocenters. The van der Waals surface area contributed by atoms with Gasteiger partial charge in [0.2, 0.25) is 0 Å². The van der Waals surface area contributed by atoms with Gasteiger partial charge in [-0.05, 0) is 47.9 Å². The Morgan fingerprint density at radius 2 is 1.83 bits per heavy atom. The number of rotatable bonds is 7. The fraction of sp³-hybridized carbons (Fsp3) is 0.217. The summed E-state index contributed by atoms with van der Waals surface area (Å²) in [5.74, 6) is -0.749. The molecule has 0 N–H and O–H groups in total. The Labute approximate surface area is 173 Å². The van der Waals surface area contributed by atoms with Gasteiger partial charge in [0.25, 0.3) is 11.5 Å². The largest absolute Gasteiger partial charge is 0.329 e. The van der Waals surface area contributed by atoms with E-state index in [1.54, 1.807) is 41.3 Å². The van der Waals surface area contributed by atoms with Crippen LogP contribution in [0.2, 0.25) is 0 Å². The van der Waals surface area contributed by atoms with E-state index in [9.17, 15) is 14.0 Å². The Hall–Kier alpha value is -3.79. The van der Waals surface area contributed by atoms with Crippen LogP contribution in [0.3, 0.4) is 0 Å². The lowest BCUT2D eigenvalue weighted by Crippen LogP contribution is -2.33. The van der Waals surface area contributed by atoms with Crippen molar-refractivity contribution in [2.75, 3.05) is 0 Å². The van der Waals surface area contributed by atoms with Gasteiger partial charge in [-0.2, -0.15) is 10.4 Å². The summed E-state index contributed by atoms with van der Waals surface area (Å²) in [6, 6.07) is 17.8. The molecule has 0 saturated heterocycles. The first-order valence-corrected chi connectivity index (χ1v) is 9.61. The summed E-state index contributed by atoms with van der Waals surface area (Å²) in [5.41, 5.74) is 1.86. The van der Waals surface area contributed by atoms with Crippen molar-refractivity contribution in [3.63, 3.8) is 0 Å². The van der Waals surface area contributed by atoms with Crippen molar-refractivity contribution in [1.29, 1.82) is 5.26 Å². The molecule has 0 aliphatic heterocycles. The van der Waals surface area contributed by atoms with Crippen LogP contribution >= 0.6 is 0 Å². The maximum Gasteiger partial charge on any atom is 0.274 e. The van der Waals surface area contributed by atoms with Crippen molar-refractivity contribution in [2.45, 2.75) is 33.0 Å². The van der Waals surface area contributed by atoms with Crippen molar-refractivity contribution in [2.24, 2.45) is 0 Å². The van der Waals surface area contributed by atoms with Crippen LogP contribution in [0, 0.1) is 17.1 Å². The molecule has 0 fully saturated rings. The lowest BCUT2D eigenvalue weighted by atomic mass is 10.1. The molecule has 0 unspecified atom stereocenters. The lowest BCUT2D eigenvalue weighted by Gasteiger charge is -2.23. The highest BCUT2D eigenvalue weighted by atomic mass is 19.1. The van der Waals surface area contributed by atoms with Crippen LogP contribution in [0.1, 0.15) is 40.5 Å². The summed E-state index contributed by atoms with van der Waals surface area (Å²) in [5, 5.41) is 13.2. The van der Waals surface area contributed by atoms with Gasteiger partial charge in [0.05, 0.1) is 11.6 Å². The van der Waals surface area contributed by atoms with Gasteiger partial charge in [-0.1, -0.05) is 31.2 Å². The van der Waals surface area contributed by atoms with Gasteiger partial charge in [-0.3, -0.25) is 9.59 Å². The van der Waals surface area contributed by atoms with Gasteiger partial charge in [0.15, 0.2) is 0 Å². The number of aromatic nitrogens is 2. The normalized spacial score (nSPS) is 10.4. The van der Waals surface area contributed by atoms with E-state index >= 15 is 0 Å². The molecule has 2 aromatic carbocycles. The third-order valence-corrected chi connectivity index (χ3v) is 4.53. The molecule has 6 nitrogen and oxygen atoms in total. The second-order valence-corrected chi connectivity index (χ2v) is 6.88. The summed E-state index contributed by atoms with van der Waals surface area (Å²) in [7, 11) is 0. The molecular weight excluding hydrogens is 383 g/mol. The second kappa shape index (κ2) is 9.61. The molecule has 3 aromatic rings. The minimum absolute atomic E-state index is 0.146. The summed E-state index contributed by atoms with van der Waals surface area (Å²) >= 11 is 0. The zero-order valence-electron chi connectivity index (χ0n) is 16.6. The van der Waals surface area contributed by atoms with Gasteiger partial charge in [0.1, 0.15) is 11.5 Å². The third kappa shape index (κ3) is 5.17. The fourth-order valence-electron chi connectivity index (χ4n) is 3.06. The molecule has 0 spiro atoms. The van der Waals surface area contributed by atoms with E-state index in [2.05, 4.69) is 11.2 Å². The summed E-state index contributed by atoms with van der Waals surface area (Å²) < 4.78 is 14.9. The summed E-state index contributed by atoms with van der Waals surface area (Å²) in [4.78, 5) is 26.7. The van der Waals surface area contributed by atoms with E-state index in [0.717, 1.165) is 5.56 Å². The number of nitrogens with zero attached hydrogens (tertiary/aromatic N) is 4. The van der Waals surface area contributed by atoms with Crippen LogP contribution in [0.25, 0.3) is 0 Å². The number of hydrogen-bond donors (Lipinski definition) is 0. The van der Waals surface area contributed by atoms with Crippen LogP contribution in [-0.2, 0) is 19.6 Å². The van der Waals surface area contributed by atoms with Crippen molar-refractivity contribution >= 4 is 5.91 Å². The number of carbonyl (C=O) groups is 1. The van der Waals surface area contributed by atoms with Crippen molar-refractivity contribution in [1.82, 2.24) is 14.7 Å². The SMILES string of the molecule is CCCn1nc(C(=O)N(Cc2ccc(C#N)cc2)Cc2cccc(F)c2)ccc1=O. The molecule has 1 amide bonds. The predicted octanol–water partition coefficient (Wildman–Crippen LogP) is 3.51. The van der Waals surface area contributed by atoms with E-state index in [1.807, 2.05) is 6.92 Å². The molecular formula is C23H21FN4O2. The van der Waals surface area contributed by atoms with Gasteiger partial charge < -0.3 is 4.90 Å². The Bertz CT molecular complexity index is 1130. The topological polar surface area (TPSA) is 79.0 Å². The van der Waals surface area contributed by atoms with Gasteiger partial charge in [-0.25, -0.2) is 9.07 Å². The van der Waals surface area contributed by atoms with E-state index in [1.165, 1.54) is 28.9 Å². The lowest BCUT2D eigenvalue weighted by molar-refractivity contribution is 0.0720. The third-order valence-electron chi connectivity index (χ3n) is 4.53. The Balaban J connectivity index is 1.92. The molecule has 152 valence electrons. The van der Waals surface area contributed by atoms with Gasteiger partial charge >= 0.3 is 0 Å². The average Bonchev–Trinajstić information content (AvgIpc) is 2.75. The number of benzene rings is 2. The Morgan fingerprint density at radius 3 is 2.50 bits per heavy atom. The molecule has 30 heavy (non-hydrogen) atoms. The van der Waals surface area contributed by atoms with Crippen molar-refractivity contribution in [3.8, 4) is 6.07 Å². The van der Waals surface area contributed by atoms with E-state index in [0.29, 0.717) is 24.1 Å². The molecule has 1 aromatic heterocycles. The number of nitriles is 1. The minimum Gasteiger partial charge on any atom is -0.329 e. The Morgan fingerprint density at radius 1 is 1.10 bits per heavy atom. The van der Waals surface area contributed by atoms with Crippen LogP contribution in [0.4, 0.5) is 4.39 Å². The molecule has 0 aliphatic rings. The highest BCUT2D eigenvalue weighted by Gasteiger charge is 2.19. The first-order chi connectivity index (χ1) is 14.5. The fourth-order valence-corrected chi connectivity index (χ4v) is 3.06. The standard InChI is InChI=1S/C23H21FN4O2/c1-2-12-28-22(29)11-10-21(26-28)23(30)27(16-19-4-3-5-20(24)13-19)15-18-8-6-17(14-25)7-9-18/h3-11,13H,2,12,15-16H2,1H3. The van der Waals surface area contributed by atoms with E-state index in [4.69, 9.17) is 5.26 Å². The minimum atomic E-state index is -0.382. The number of halogens is 1. The molecule has 0 saturated carbocycles. The Kier molecular flexibility index (Phi) is 6.71. The highest BCUT2D eigenvalue weighted by Crippen LogP contribution is 2.15. The second-order valence-electron chi connectivity index (χ2n) is 6.88. The molecule has 0 bridgehead atoms. The zero-order chi connectivity index (χ0) is 21.5. The molecule has 7 heteroatoms. The molecule has 0 radical (unpaired) electrons. The molecule has 0 aliphatic carbocycles. The van der Waals surface area contributed by atoms with E-state index in [-0.39, 0.29) is 36.1 Å². The van der Waals surface area contributed by atoms with Crippen LogP contribution < -0.4 is 5.56 Å². The van der Waals surface area contributed by atoms with Crippen LogP contribution in [0.5, 0.6) is 0 Å². The van der Waals surface area contributed by atoms with Gasteiger partial charge in [-0.15, -0.1) is 0 Å². The number of hydrogen-bond acceptors (Lipinski definition) is 4. The van der Waals surface area contributed by atoms with Crippen LogP contribution in [-0.4, -0.2) is 20.6 Å². The maximum absolute atomic E-state index is 13.6. The zero-order valence-corrected chi connectivity index (χ0v) is 16.6. The van der Waals surface area contributed by atoms with Gasteiger partial charge in [0, 0.05) is 25.7 Å². The maximum atomic E-state index is 13.6. The summed E-state index contributed by atoms with van der Waals surface area (Å²) in [6.45, 7) is 2.75. The number of amides is 1. The first kappa shape index (κ1) is 20.9. The monoisotopic (exact) mass is 404 g/mol. The van der Waals surface area contributed by atoms with Crippen molar-refractivity contribution in [3.05, 3.63) is 99.2 Å².